The maximum Gasteiger partial charge on any atom is 0.227 e. The predicted octanol–water partition coefficient (Wildman–Crippen LogP) is 2.43. The van der Waals surface area contributed by atoms with E-state index < -0.39 is 0 Å². The van der Waals surface area contributed by atoms with Crippen LogP contribution in [0.15, 0.2) is 0 Å². The molecule has 1 aliphatic heterocycles. The minimum atomic E-state index is 0.0355. The summed E-state index contributed by atoms with van der Waals surface area (Å²) < 4.78 is 0. The number of hydrogen-bond acceptors (Lipinski definition) is 2. The van der Waals surface area contributed by atoms with E-state index >= 15 is 0 Å². The molecule has 1 saturated heterocycles. The number of hydrogen-bond donors (Lipinski definition) is 0. The van der Waals surface area contributed by atoms with Gasteiger partial charge in [0.15, 0.2) is 0 Å². The Morgan fingerprint density at radius 2 is 1.62 bits per heavy atom. The molecule has 0 spiro atoms. The molecule has 0 aromatic carbocycles. The van der Waals surface area contributed by atoms with Crippen LogP contribution in [0.3, 0.4) is 0 Å². The molecule has 4 heteroatoms. The van der Waals surface area contributed by atoms with E-state index in [9.17, 15) is 9.59 Å². The van der Waals surface area contributed by atoms with Crippen LogP contribution in [-0.4, -0.2) is 47.8 Å². The van der Waals surface area contributed by atoms with Gasteiger partial charge in [0.1, 0.15) is 0 Å². The first-order chi connectivity index (χ1) is 10.2. The van der Waals surface area contributed by atoms with Crippen LogP contribution < -0.4 is 0 Å². The van der Waals surface area contributed by atoms with Gasteiger partial charge in [0, 0.05) is 32.1 Å². The van der Waals surface area contributed by atoms with Crippen LogP contribution >= 0.6 is 0 Å². The summed E-state index contributed by atoms with van der Waals surface area (Å²) in [6, 6.07) is 0.431. The standard InChI is InChI=1S/C17H28N2O2/c1-18(15-7-3-2-4-8-15)16(20)14-6-5-11-19(12-14)17(21)13-9-10-13/h13-15H,2-12H2,1H3/t14-/m1/s1. The molecule has 4 nitrogen and oxygen atoms in total. The van der Waals surface area contributed by atoms with E-state index in [1.54, 1.807) is 0 Å². The van der Waals surface area contributed by atoms with Crippen molar-refractivity contribution in [3.05, 3.63) is 0 Å². The molecule has 2 aliphatic carbocycles. The first-order valence-corrected chi connectivity index (χ1v) is 8.72. The molecule has 3 aliphatic rings. The molecule has 1 atom stereocenters. The Bertz CT molecular complexity index is 400. The minimum absolute atomic E-state index is 0.0355. The van der Waals surface area contributed by atoms with Crippen molar-refractivity contribution < 1.29 is 9.59 Å². The number of piperidine rings is 1. The van der Waals surface area contributed by atoms with Crippen molar-refractivity contribution in [2.24, 2.45) is 11.8 Å². The van der Waals surface area contributed by atoms with E-state index in [1.165, 1.54) is 19.3 Å². The second kappa shape index (κ2) is 6.37. The van der Waals surface area contributed by atoms with Gasteiger partial charge in [-0.2, -0.15) is 0 Å². The zero-order chi connectivity index (χ0) is 14.8. The molecule has 0 aromatic heterocycles. The lowest BCUT2D eigenvalue weighted by Gasteiger charge is -2.37. The van der Waals surface area contributed by atoms with Crippen molar-refractivity contribution in [1.82, 2.24) is 9.80 Å². The quantitative estimate of drug-likeness (QED) is 0.801. The highest BCUT2D eigenvalue weighted by Gasteiger charge is 2.37. The zero-order valence-electron chi connectivity index (χ0n) is 13.2. The van der Waals surface area contributed by atoms with Crippen LogP contribution in [0, 0.1) is 11.8 Å². The predicted molar refractivity (Wildman–Crippen MR) is 81.7 cm³/mol. The SMILES string of the molecule is CN(C(=O)[C@@H]1CCCN(C(=O)C2CC2)C1)C1CCCCC1. The van der Waals surface area contributed by atoms with Crippen LogP contribution in [0.1, 0.15) is 57.8 Å². The van der Waals surface area contributed by atoms with Crippen molar-refractivity contribution in [3.8, 4) is 0 Å². The van der Waals surface area contributed by atoms with Crippen LogP contribution in [0.2, 0.25) is 0 Å². The first-order valence-electron chi connectivity index (χ1n) is 8.72. The monoisotopic (exact) mass is 292 g/mol. The Kier molecular flexibility index (Phi) is 4.51. The van der Waals surface area contributed by atoms with Gasteiger partial charge in [-0.25, -0.2) is 0 Å². The van der Waals surface area contributed by atoms with Gasteiger partial charge < -0.3 is 9.80 Å². The van der Waals surface area contributed by atoms with Crippen LogP contribution in [-0.2, 0) is 9.59 Å². The fourth-order valence-corrected chi connectivity index (χ4v) is 3.90. The average Bonchev–Trinajstić information content (AvgIpc) is 3.38. The van der Waals surface area contributed by atoms with Crippen molar-refractivity contribution in [2.45, 2.75) is 63.8 Å². The largest absolute Gasteiger partial charge is 0.342 e. The van der Waals surface area contributed by atoms with Gasteiger partial charge in [-0.3, -0.25) is 9.59 Å². The number of carbonyl (C=O) groups is 2. The van der Waals surface area contributed by atoms with E-state index in [0.717, 1.165) is 45.1 Å². The molecule has 3 fully saturated rings. The Balaban J connectivity index is 1.56. The van der Waals surface area contributed by atoms with Crippen molar-refractivity contribution in [3.63, 3.8) is 0 Å². The third kappa shape index (κ3) is 3.41. The lowest BCUT2D eigenvalue weighted by atomic mass is 9.91. The third-order valence-electron chi connectivity index (χ3n) is 5.48. The summed E-state index contributed by atoms with van der Waals surface area (Å²) in [6.45, 7) is 1.51. The summed E-state index contributed by atoms with van der Waals surface area (Å²) in [5, 5.41) is 0. The van der Waals surface area contributed by atoms with E-state index in [4.69, 9.17) is 0 Å². The van der Waals surface area contributed by atoms with Crippen molar-refractivity contribution in [1.29, 1.82) is 0 Å². The van der Waals surface area contributed by atoms with Crippen LogP contribution in [0.4, 0.5) is 0 Å². The Hall–Kier alpha value is -1.06. The third-order valence-corrected chi connectivity index (χ3v) is 5.48. The molecule has 0 N–H and O–H groups in total. The molecular formula is C17H28N2O2. The molecule has 0 radical (unpaired) electrons. The smallest absolute Gasteiger partial charge is 0.227 e. The molecule has 3 rings (SSSR count). The molecule has 21 heavy (non-hydrogen) atoms. The molecule has 2 saturated carbocycles. The average molecular weight is 292 g/mol. The fraction of sp³-hybridized carbons (Fsp3) is 0.882. The molecule has 118 valence electrons. The number of nitrogens with zero attached hydrogens (tertiary/aromatic N) is 2. The second-order valence-electron chi connectivity index (χ2n) is 7.14. The van der Waals surface area contributed by atoms with Gasteiger partial charge in [0.2, 0.25) is 11.8 Å². The molecule has 0 aromatic rings. The lowest BCUT2D eigenvalue weighted by molar-refractivity contribution is -0.142. The molecule has 0 bridgehead atoms. The summed E-state index contributed by atoms with van der Waals surface area (Å²) >= 11 is 0. The molecule has 2 amide bonds. The number of carbonyl (C=O) groups excluding carboxylic acids is 2. The van der Waals surface area contributed by atoms with Gasteiger partial charge in [0.05, 0.1) is 5.92 Å². The molecule has 1 heterocycles. The first kappa shape index (κ1) is 14.9. The lowest BCUT2D eigenvalue weighted by Crippen LogP contribution is -2.48. The van der Waals surface area contributed by atoms with Crippen LogP contribution in [0.25, 0.3) is 0 Å². The number of rotatable bonds is 3. The van der Waals surface area contributed by atoms with Crippen LogP contribution in [0.5, 0.6) is 0 Å². The van der Waals surface area contributed by atoms with Gasteiger partial charge in [-0.05, 0) is 38.5 Å². The molecule has 0 unspecified atom stereocenters. The second-order valence-corrected chi connectivity index (χ2v) is 7.14. The number of amides is 2. The molecular weight excluding hydrogens is 264 g/mol. The summed E-state index contributed by atoms with van der Waals surface area (Å²) in [5.74, 6) is 0.881. The zero-order valence-corrected chi connectivity index (χ0v) is 13.2. The highest BCUT2D eigenvalue weighted by molar-refractivity contribution is 5.83. The highest BCUT2D eigenvalue weighted by Crippen LogP contribution is 2.33. The van der Waals surface area contributed by atoms with Gasteiger partial charge in [-0.1, -0.05) is 19.3 Å². The van der Waals surface area contributed by atoms with E-state index in [2.05, 4.69) is 0 Å². The maximum absolute atomic E-state index is 12.7. The van der Waals surface area contributed by atoms with E-state index in [1.807, 2.05) is 16.8 Å². The Morgan fingerprint density at radius 3 is 2.29 bits per heavy atom. The van der Waals surface area contributed by atoms with E-state index in [0.29, 0.717) is 18.5 Å². The fourth-order valence-electron chi connectivity index (χ4n) is 3.90. The topological polar surface area (TPSA) is 40.6 Å². The Morgan fingerprint density at radius 1 is 0.905 bits per heavy atom. The Labute approximate surface area is 127 Å². The minimum Gasteiger partial charge on any atom is -0.342 e. The summed E-state index contributed by atoms with van der Waals surface area (Å²) in [6.07, 6.45) is 10.1. The number of likely N-dealkylation sites (tertiary alicyclic amines) is 1. The van der Waals surface area contributed by atoms with E-state index in [-0.39, 0.29) is 17.7 Å². The van der Waals surface area contributed by atoms with Crippen molar-refractivity contribution in [2.75, 3.05) is 20.1 Å². The normalized spacial score (nSPS) is 27.5. The highest BCUT2D eigenvalue weighted by atomic mass is 16.2. The summed E-state index contributed by atoms with van der Waals surface area (Å²) in [4.78, 5) is 28.9. The summed E-state index contributed by atoms with van der Waals surface area (Å²) in [5.41, 5.74) is 0. The maximum atomic E-state index is 12.7. The van der Waals surface area contributed by atoms with Crippen molar-refractivity contribution >= 4 is 11.8 Å². The van der Waals surface area contributed by atoms with Gasteiger partial charge >= 0.3 is 0 Å². The van der Waals surface area contributed by atoms with Gasteiger partial charge in [-0.15, -0.1) is 0 Å². The summed E-state index contributed by atoms with van der Waals surface area (Å²) in [7, 11) is 1.97. The van der Waals surface area contributed by atoms with Gasteiger partial charge in [0.25, 0.3) is 0 Å².